The van der Waals surface area contributed by atoms with E-state index in [1.807, 2.05) is 39.0 Å². The van der Waals surface area contributed by atoms with E-state index in [1.54, 1.807) is 53.5 Å². The van der Waals surface area contributed by atoms with Crippen molar-refractivity contribution < 1.29 is 9.59 Å². The van der Waals surface area contributed by atoms with Crippen molar-refractivity contribution in [3.63, 3.8) is 0 Å². The standard InChI is InChI=1S/C26H23ClN6O2/c1-26(2,3)25(35)30-13-16-7-10-21(27)19(11-16)24(34)32-22-5-4-6-23-20(22)15-31-33(23)18-9-8-17(12-28)29-14-18/h4-11,14-15H,13H2,1-3H3,(H,30,35)(H,32,34). The number of halogens is 1. The number of benzene rings is 2. The molecule has 2 aromatic heterocycles. The predicted octanol–water partition coefficient (Wildman–Crippen LogP) is 4.86. The lowest BCUT2D eigenvalue weighted by Gasteiger charge is -2.18. The minimum atomic E-state index is -0.510. The number of rotatable bonds is 5. The zero-order chi connectivity index (χ0) is 25.2. The number of anilines is 1. The molecule has 2 amide bonds. The molecule has 2 N–H and O–H groups in total. The van der Waals surface area contributed by atoms with Crippen LogP contribution in [0.5, 0.6) is 0 Å². The van der Waals surface area contributed by atoms with Gasteiger partial charge in [0.05, 0.1) is 39.9 Å². The van der Waals surface area contributed by atoms with Gasteiger partial charge in [-0.2, -0.15) is 10.4 Å². The van der Waals surface area contributed by atoms with Crippen LogP contribution in [0.2, 0.25) is 5.02 Å². The van der Waals surface area contributed by atoms with E-state index in [-0.39, 0.29) is 18.4 Å². The molecule has 4 rings (SSSR count). The second-order valence-corrected chi connectivity index (χ2v) is 9.42. The molecule has 0 aliphatic rings. The highest BCUT2D eigenvalue weighted by Crippen LogP contribution is 2.27. The number of amides is 2. The van der Waals surface area contributed by atoms with Crippen molar-refractivity contribution in [3.05, 3.63) is 82.8 Å². The van der Waals surface area contributed by atoms with Gasteiger partial charge in [-0.3, -0.25) is 9.59 Å². The van der Waals surface area contributed by atoms with Crippen molar-refractivity contribution >= 4 is 40.0 Å². The quantitative estimate of drug-likeness (QED) is 0.418. The molecule has 0 fully saturated rings. The van der Waals surface area contributed by atoms with Gasteiger partial charge in [0.15, 0.2) is 0 Å². The van der Waals surface area contributed by atoms with Crippen molar-refractivity contribution in [1.82, 2.24) is 20.1 Å². The van der Waals surface area contributed by atoms with E-state index in [9.17, 15) is 9.59 Å². The number of aromatic nitrogens is 3. The molecule has 0 aliphatic heterocycles. The van der Waals surface area contributed by atoms with Crippen LogP contribution in [-0.2, 0) is 11.3 Å². The number of pyridine rings is 1. The number of nitriles is 1. The molecule has 0 aliphatic carbocycles. The van der Waals surface area contributed by atoms with E-state index >= 15 is 0 Å². The highest BCUT2D eigenvalue weighted by Gasteiger charge is 2.21. The fourth-order valence-electron chi connectivity index (χ4n) is 3.44. The average Bonchev–Trinajstić information content (AvgIpc) is 3.28. The first kappa shape index (κ1) is 23.9. The molecule has 0 atom stereocenters. The summed E-state index contributed by atoms with van der Waals surface area (Å²) >= 11 is 6.33. The topological polar surface area (TPSA) is 113 Å². The summed E-state index contributed by atoms with van der Waals surface area (Å²) in [5.41, 5.74) is 2.89. The lowest BCUT2D eigenvalue weighted by Crippen LogP contribution is -2.34. The Hall–Kier alpha value is -4.22. The van der Waals surface area contributed by atoms with Crippen molar-refractivity contribution in [1.29, 1.82) is 5.26 Å². The van der Waals surface area contributed by atoms with Crippen molar-refractivity contribution in [3.8, 4) is 11.8 Å². The van der Waals surface area contributed by atoms with Gasteiger partial charge >= 0.3 is 0 Å². The molecule has 0 unspecified atom stereocenters. The minimum absolute atomic E-state index is 0.0837. The van der Waals surface area contributed by atoms with E-state index in [4.69, 9.17) is 16.9 Å². The fourth-order valence-corrected chi connectivity index (χ4v) is 3.64. The third-order valence-electron chi connectivity index (χ3n) is 5.38. The Bertz CT molecular complexity index is 1460. The number of hydrogen-bond acceptors (Lipinski definition) is 5. The molecule has 176 valence electrons. The summed E-state index contributed by atoms with van der Waals surface area (Å²) in [5, 5.41) is 20.2. The number of fused-ring (bicyclic) bond motifs is 1. The molecule has 0 bridgehead atoms. The Labute approximate surface area is 207 Å². The van der Waals surface area contributed by atoms with Gasteiger partial charge in [-0.25, -0.2) is 9.67 Å². The van der Waals surface area contributed by atoms with Crippen LogP contribution in [-0.4, -0.2) is 26.6 Å². The van der Waals surface area contributed by atoms with Crippen LogP contribution in [0.1, 0.15) is 42.4 Å². The molecule has 35 heavy (non-hydrogen) atoms. The predicted molar refractivity (Wildman–Crippen MR) is 134 cm³/mol. The molecule has 4 aromatic rings. The monoisotopic (exact) mass is 486 g/mol. The van der Waals surface area contributed by atoms with Gasteiger partial charge in [0.25, 0.3) is 5.91 Å². The first-order valence-corrected chi connectivity index (χ1v) is 11.3. The number of nitrogens with one attached hydrogen (secondary N) is 2. The molecule has 2 aromatic carbocycles. The molecule has 0 radical (unpaired) electrons. The SMILES string of the molecule is CC(C)(C)C(=O)NCc1ccc(Cl)c(C(=O)Nc2cccc3c2cnn3-c2ccc(C#N)nc2)c1. The Kier molecular flexibility index (Phi) is 6.54. The lowest BCUT2D eigenvalue weighted by molar-refractivity contribution is -0.128. The highest BCUT2D eigenvalue weighted by atomic mass is 35.5. The second kappa shape index (κ2) is 9.57. The van der Waals surface area contributed by atoms with Gasteiger partial charge in [-0.1, -0.05) is 44.5 Å². The van der Waals surface area contributed by atoms with Gasteiger partial charge in [-0.05, 0) is 42.0 Å². The third kappa shape index (κ3) is 5.15. The normalized spacial score (nSPS) is 11.2. The first-order valence-electron chi connectivity index (χ1n) is 10.9. The summed E-state index contributed by atoms with van der Waals surface area (Å²) in [5.74, 6) is -0.459. The first-order chi connectivity index (χ1) is 16.7. The van der Waals surface area contributed by atoms with Gasteiger partial charge in [0.2, 0.25) is 5.91 Å². The zero-order valence-electron chi connectivity index (χ0n) is 19.5. The van der Waals surface area contributed by atoms with Crippen LogP contribution in [0.15, 0.2) is 60.9 Å². The van der Waals surface area contributed by atoms with Crippen LogP contribution in [0.25, 0.3) is 16.6 Å². The number of carbonyl (C=O) groups is 2. The summed E-state index contributed by atoms with van der Waals surface area (Å²) in [6, 6.07) is 15.9. The maximum absolute atomic E-state index is 13.1. The number of hydrogen-bond donors (Lipinski definition) is 2. The average molecular weight is 487 g/mol. The molecular formula is C26H23ClN6O2. The van der Waals surface area contributed by atoms with Crippen LogP contribution in [0.4, 0.5) is 5.69 Å². The Balaban J connectivity index is 1.58. The summed E-state index contributed by atoms with van der Waals surface area (Å²) in [6.07, 6.45) is 3.23. The van der Waals surface area contributed by atoms with E-state index in [0.717, 1.165) is 16.5 Å². The fraction of sp³-hybridized carbons (Fsp3) is 0.192. The van der Waals surface area contributed by atoms with Gasteiger partial charge < -0.3 is 10.6 Å². The largest absolute Gasteiger partial charge is 0.352 e. The molecule has 0 saturated heterocycles. The van der Waals surface area contributed by atoms with E-state index in [0.29, 0.717) is 27.7 Å². The van der Waals surface area contributed by atoms with Crippen molar-refractivity contribution in [2.75, 3.05) is 5.32 Å². The van der Waals surface area contributed by atoms with Crippen molar-refractivity contribution in [2.24, 2.45) is 5.41 Å². The van der Waals surface area contributed by atoms with Crippen LogP contribution in [0, 0.1) is 16.7 Å². The van der Waals surface area contributed by atoms with Gasteiger partial charge in [-0.15, -0.1) is 0 Å². The minimum Gasteiger partial charge on any atom is -0.352 e. The Morgan fingerprint density at radius 3 is 2.60 bits per heavy atom. The van der Waals surface area contributed by atoms with E-state index in [1.165, 1.54) is 0 Å². The highest BCUT2D eigenvalue weighted by molar-refractivity contribution is 6.34. The summed E-state index contributed by atoms with van der Waals surface area (Å²) in [6.45, 7) is 5.80. The summed E-state index contributed by atoms with van der Waals surface area (Å²) < 4.78 is 1.69. The lowest BCUT2D eigenvalue weighted by atomic mass is 9.95. The Morgan fingerprint density at radius 2 is 1.91 bits per heavy atom. The maximum atomic E-state index is 13.1. The van der Waals surface area contributed by atoms with E-state index < -0.39 is 5.41 Å². The van der Waals surface area contributed by atoms with Crippen molar-refractivity contribution in [2.45, 2.75) is 27.3 Å². The zero-order valence-corrected chi connectivity index (χ0v) is 20.2. The van der Waals surface area contributed by atoms with Crippen LogP contribution >= 0.6 is 11.6 Å². The maximum Gasteiger partial charge on any atom is 0.257 e. The van der Waals surface area contributed by atoms with E-state index in [2.05, 4.69) is 20.7 Å². The van der Waals surface area contributed by atoms with Crippen LogP contribution in [0.3, 0.4) is 0 Å². The second-order valence-electron chi connectivity index (χ2n) is 9.01. The smallest absolute Gasteiger partial charge is 0.257 e. The Morgan fingerprint density at radius 1 is 1.11 bits per heavy atom. The molecule has 0 spiro atoms. The van der Waals surface area contributed by atoms with Gasteiger partial charge in [0, 0.05) is 17.3 Å². The third-order valence-corrected chi connectivity index (χ3v) is 5.71. The number of nitrogens with zero attached hydrogens (tertiary/aromatic N) is 4. The summed E-state index contributed by atoms with van der Waals surface area (Å²) in [7, 11) is 0. The summed E-state index contributed by atoms with van der Waals surface area (Å²) in [4.78, 5) is 29.4. The molecule has 8 nitrogen and oxygen atoms in total. The molecular weight excluding hydrogens is 464 g/mol. The molecule has 0 saturated carbocycles. The molecule has 2 heterocycles. The van der Waals surface area contributed by atoms with Crippen LogP contribution < -0.4 is 10.6 Å². The number of carbonyl (C=O) groups excluding carboxylic acids is 2. The van der Waals surface area contributed by atoms with Gasteiger partial charge in [0.1, 0.15) is 11.8 Å². The molecule has 9 heteroatoms.